The predicted molar refractivity (Wildman–Crippen MR) is 222 cm³/mol. The normalized spacial score (nSPS) is 21.2. The van der Waals surface area contributed by atoms with Crippen LogP contribution in [0.4, 0.5) is 11.4 Å². The molecule has 3 fully saturated rings. The molecule has 0 spiro atoms. The van der Waals surface area contributed by atoms with Crippen molar-refractivity contribution in [2.75, 3.05) is 68.7 Å². The third kappa shape index (κ3) is 7.81. The lowest BCUT2D eigenvalue weighted by atomic mass is 9.88. The molecule has 2 atom stereocenters. The number of aromatic hydroxyl groups is 1. The van der Waals surface area contributed by atoms with Crippen molar-refractivity contribution < 1.29 is 19.5 Å². The molecule has 0 aromatic heterocycles. The minimum absolute atomic E-state index is 0.128. The third-order valence-corrected chi connectivity index (χ3v) is 12.1. The van der Waals surface area contributed by atoms with Crippen LogP contribution in [0, 0.1) is 0 Å². The van der Waals surface area contributed by atoms with E-state index in [4.69, 9.17) is 0 Å². The Balaban J connectivity index is 0.841. The maximum atomic E-state index is 13.2. The molecule has 3 amide bonds. The van der Waals surface area contributed by atoms with Gasteiger partial charge in [-0.25, -0.2) is 0 Å². The SMILES string of the molecule is CC/C(=C(\c1ccc(O)cc1)c1ccc(N2CCN(CCN3CCN(c4ccc5c(c4)CN(C4CCC(=O)NC4=O)C5=O)CC3)CC2C)cc1)c1ccccc1. The van der Waals surface area contributed by atoms with Crippen molar-refractivity contribution in [2.24, 2.45) is 0 Å². The molecule has 0 radical (unpaired) electrons. The van der Waals surface area contributed by atoms with Gasteiger partial charge in [-0.3, -0.25) is 29.5 Å². The highest BCUT2D eigenvalue weighted by atomic mass is 16.3. The Bertz CT molecular complexity index is 2090. The van der Waals surface area contributed by atoms with E-state index in [-0.39, 0.29) is 29.9 Å². The molecule has 4 aromatic rings. The van der Waals surface area contributed by atoms with E-state index in [1.165, 1.54) is 28.0 Å². The summed E-state index contributed by atoms with van der Waals surface area (Å²) in [6.45, 7) is 13.9. The Labute approximate surface area is 330 Å². The maximum absolute atomic E-state index is 13.2. The Morgan fingerprint density at radius 3 is 2.07 bits per heavy atom. The van der Waals surface area contributed by atoms with Gasteiger partial charge in [0.2, 0.25) is 11.8 Å². The number of rotatable bonds is 10. The average molecular weight is 753 g/mol. The molecule has 3 saturated heterocycles. The van der Waals surface area contributed by atoms with Crippen LogP contribution in [0.1, 0.15) is 65.7 Å². The number of benzene rings is 4. The number of anilines is 2. The van der Waals surface area contributed by atoms with E-state index in [9.17, 15) is 19.5 Å². The summed E-state index contributed by atoms with van der Waals surface area (Å²) >= 11 is 0. The molecule has 4 aromatic carbocycles. The first-order valence-electron chi connectivity index (χ1n) is 20.2. The first kappa shape index (κ1) is 37.5. The van der Waals surface area contributed by atoms with Gasteiger partial charge in [-0.1, -0.05) is 61.5 Å². The van der Waals surface area contributed by atoms with E-state index >= 15 is 0 Å². The summed E-state index contributed by atoms with van der Waals surface area (Å²) in [6.07, 6.45) is 1.53. The number of nitrogens with one attached hydrogen (secondary N) is 1. The molecule has 4 aliphatic rings. The summed E-state index contributed by atoms with van der Waals surface area (Å²) in [5, 5.41) is 12.4. The van der Waals surface area contributed by atoms with Crippen molar-refractivity contribution in [3.05, 3.63) is 125 Å². The number of allylic oxidation sites excluding steroid dienone is 1. The van der Waals surface area contributed by atoms with E-state index in [2.05, 4.69) is 99.4 Å². The highest BCUT2D eigenvalue weighted by Crippen LogP contribution is 2.36. The number of piperidine rings is 1. The standard InChI is InChI=1S/C46H52N6O4/c1-3-40(33-7-5-4-6-8-33)44(35-11-16-39(53)17-12-35)34-9-13-37(14-10-34)51-28-25-49(30-32(51)2)22-21-48-23-26-50(27-24-48)38-15-18-41-36(29-38)31-52(46(41)56)42-19-20-43(54)47-45(42)55/h4-18,29,32,42,53H,3,19-28,30-31H2,1-2H3,(H,47,54,55)/b44-40+. The second-order valence-electron chi connectivity index (χ2n) is 15.6. The highest BCUT2D eigenvalue weighted by molar-refractivity contribution is 6.05. The van der Waals surface area contributed by atoms with Crippen molar-refractivity contribution in [3.63, 3.8) is 0 Å². The van der Waals surface area contributed by atoms with Gasteiger partial charge in [-0.05, 0) is 95.6 Å². The molecule has 0 bridgehead atoms. The summed E-state index contributed by atoms with van der Waals surface area (Å²) in [7, 11) is 0. The fraction of sp³-hybridized carbons (Fsp3) is 0.370. The van der Waals surface area contributed by atoms with Gasteiger partial charge in [0.15, 0.2) is 0 Å². The Hall–Kier alpha value is -5.45. The van der Waals surface area contributed by atoms with E-state index in [0.717, 1.165) is 82.1 Å². The molecule has 0 aliphatic carbocycles. The van der Waals surface area contributed by atoms with Crippen LogP contribution in [0.5, 0.6) is 5.75 Å². The molecule has 8 rings (SSSR count). The first-order chi connectivity index (χ1) is 27.2. The molecule has 290 valence electrons. The van der Waals surface area contributed by atoms with Crippen LogP contribution < -0.4 is 15.1 Å². The minimum atomic E-state index is -0.592. The number of amides is 3. The van der Waals surface area contributed by atoms with Crippen LogP contribution in [0.2, 0.25) is 0 Å². The van der Waals surface area contributed by atoms with Crippen molar-refractivity contribution in [1.82, 2.24) is 20.0 Å². The van der Waals surface area contributed by atoms with Crippen LogP contribution in [0.15, 0.2) is 97.1 Å². The number of carbonyl (C=O) groups is 3. The molecular formula is C46H52N6O4. The second kappa shape index (κ2) is 16.3. The van der Waals surface area contributed by atoms with Crippen LogP contribution in [-0.2, 0) is 16.1 Å². The zero-order chi connectivity index (χ0) is 38.8. The topological polar surface area (TPSA) is 99.7 Å². The largest absolute Gasteiger partial charge is 0.508 e. The molecule has 2 unspecified atom stereocenters. The number of carbonyl (C=O) groups excluding carboxylic acids is 3. The Morgan fingerprint density at radius 2 is 1.39 bits per heavy atom. The number of nitrogens with zero attached hydrogens (tertiary/aromatic N) is 5. The number of fused-ring (bicyclic) bond motifs is 1. The highest BCUT2D eigenvalue weighted by Gasteiger charge is 2.39. The number of phenolic OH excluding ortho intramolecular Hbond substituents is 1. The van der Waals surface area contributed by atoms with Gasteiger partial charge in [-0.15, -0.1) is 0 Å². The second-order valence-corrected chi connectivity index (χ2v) is 15.6. The van der Waals surface area contributed by atoms with Crippen LogP contribution >= 0.6 is 0 Å². The van der Waals surface area contributed by atoms with Gasteiger partial charge >= 0.3 is 0 Å². The fourth-order valence-electron chi connectivity index (χ4n) is 9.02. The van der Waals surface area contributed by atoms with Crippen LogP contribution in [-0.4, -0.2) is 109 Å². The quantitative estimate of drug-likeness (QED) is 0.154. The third-order valence-electron chi connectivity index (χ3n) is 12.1. The summed E-state index contributed by atoms with van der Waals surface area (Å²) < 4.78 is 0. The van der Waals surface area contributed by atoms with Crippen LogP contribution in [0.3, 0.4) is 0 Å². The van der Waals surface area contributed by atoms with Crippen molar-refractivity contribution in [2.45, 2.75) is 51.7 Å². The number of imide groups is 1. The summed E-state index contributed by atoms with van der Waals surface area (Å²) in [5.74, 6) is -0.503. The van der Waals surface area contributed by atoms with Crippen LogP contribution in [0.25, 0.3) is 11.1 Å². The molecule has 2 N–H and O–H groups in total. The molecular weight excluding hydrogens is 701 g/mol. The maximum Gasteiger partial charge on any atom is 0.255 e. The van der Waals surface area contributed by atoms with Gasteiger partial charge in [0, 0.05) is 94.8 Å². The van der Waals surface area contributed by atoms with Gasteiger partial charge in [0.25, 0.3) is 5.91 Å². The Kier molecular flexibility index (Phi) is 10.9. The van der Waals surface area contributed by atoms with Gasteiger partial charge in [0.05, 0.1) is 0 Å². The molecule has 56 heavy (non-hydrogen) atoms. The summed E-state index contributed by atoms with van der Waals surface area (Å²) in [5.41, 5.74) is 9.95. The van der Waals surface area contributed by atoms with Gasteiger partial charge in [-0.2, -0.15) is 0 Å². The van der Waals surface area contributed by atoms with Crippen molar-refractivity contribution in [3.8, 4) is 5.75 Å². The molecule has 10 heteroatoms. The van der Waals surface area contributed by atoms with E-state index in [1.54, 1.807) is 17.0 Å². The fourth-order valence-corrected chi connectivity index (χ4v) is 9.02. The van der Waals surface area contributed by atoms with Crippen molar-refractivity contribution in [1.29, 1.82) is 0 Å². The molecule has 10 nitrogen and oxygen atoms in total. The monoisotopic (exact) mass is 752 g/mol. The lowest BCUT2D eigenvalue weighted by molar-refractivity contribution is -0.136. The predicted octanol–water partition coefficient (Wildman–Crippen LogP) is 5.86. The first-order valence-corrected chi connectivity index (χ1v) is 20.2. The molecule has 4 heterocycles. The number of hydrogen-bond acceptors (Lipinski definition) is 8. The molecule has 4 aliphatic heterocycles. The number of hydrogen-bond donors (Lipinski definition) is 2. The molecule has 0 saturated carbocycles. The lowest BCUT2D eigenvalue weighted by Gasteiger charge is -2.42. The summed E-state index contributed by atoms with van der Waals surface area (Å²) in [4.78, 5) is 49.0. The smallest absolute Gasteiger partial charge is 0.255 e. The van der Waals surface area contributed by atoms with E-state index in [1.807, 2.05) is 24.3 Å². The van der Waals surface area contributed by atoms with Gasteiger partial charge < -0.3 is 19.8 Å². The lowest BCUT2D eigenvalue weighted by Crippen LogP contribution is -2.54. The number of phenols is 1. The number of piperazine rings is 2. The zero-order valence-electron chi connectivity index (χ0n) is 32.5. The van der Waals surface area contributed by atoms with Gasteiger partial charge in [0.1, 0.15) is 11.8 Å². The van der Waals surface area contributed by atoms with E-state index in [0.29, 0.717) is 24.6 Å². The zero-order valence-corrected chi connectivity index (χ0v) is 32.5. The minimum Gasteiger partial charge on any atom is -0.508 e. The van der Waals surface area contributed by atoms with E-state index < -0.39 is 6.04 Å². The average Bonchev–Trinajstić information content (AvgIpc) is 3.55. The Morgan fingerprint density at radius 1 is 0.732 bits per heavy atom. The summed E-state index contributed by atoms with van der Waals surface area (Å²) in [6, 6.07) is 33.1. The van der Waals surface area contributed by atoms with Crippen molar-refractivity contribution >= 4 is 40.2 Å².